The molecule has 0 aliphatic carbocycles. The van der Waals surface area contributed by atoms with Gasteiger partial charge in [-0.15, -0.1) is 0 Å². The molecule has 0 unspecified atom stereocenters. The van der Waals surface area contributed by atoms with E-state index in [1.165, 1.54) is 11.4 Å². The van der Waals surface area contributed by atoms with E-state index in [2.05, 4.69) is 0 Å². The molecule has 24 heavy (non-hydrogen) atoms. The molecule has 6 heteroatoms. The number of benzene rings is 1. The first-order valence-electron chi connectivity index (χ1n) is 8.20. The van der Waals surface area contributed by atoms with Crippen molar-refractivity contribution in [3.05, 3.63) is 42.0 Å². The normalized spacial score (nSPS) is 22.6. The number of carbonyl (C=O) groups excluding carboxylic acids is 1. The number of sulfonamides is 1. The summed E-state index contributed by atoms with van der Waals surface area (Å²) in [5.41, 5.74) is 1.00. The van der Waals surface area contributed by atoms with Crippen LogP contribution in [-0.4, -0.2) is 37.9 Å². The zero-order valence-electron chi connectivity index (χ0n) is 14.4. The van der Waals surface area contributed by atoms with Crippen LogP contribution in [0.15, 0.2) is 41.3 Å². The van der Waals surface area contributed by atoms with Gasteiger partial charge >= 0.3 is 5.97 Å². The molecule has 0 N–H and O–H groups in total. The van der Waals surface area contributed by atoms with Gasteiger partial charge in [0.15, 0.2) is 0 Å². The third kappa shape index (κ3) is 4.05. The standard InChI is InChI=1S/C18H25NO4S/c1-4-6-15-7-5-8-16(13-18(20)23-3)19(15)24(21,22)17-11-9-14(2)10-12-17/h4,6,9-12,15-16H,5,7-8,13H2,1-3H3/b6-4+/t15-,16-/m0/s1. The Morgan fingerprint density at radius 3 is 2.54 bits per heavy atom. The summed E-state index contributed by atoms with van der Waals surface area (Å²) in [6.07, 6.45) is 6.14. The van der Waals surface area contributed by atoms with Gasteiger partial charge in [-0.05, 0) is 45.2 Å². The lowest BCUT2D eigenvalue weighted by atomic mass is 9.96. The highest BCUT2D eigenvalue weighted by atomic mass is 32.2. The maximum absolute atomic E-state index is 13.2. The van der Waals surface area contributed by atoms with Crippen molar-refractivity contribution in [2.75, 3.05) is 7.11 Å². The Morgan fingerprint density at radius 1 is 1.29 bits per heavy atom. The van der Waals surface area contributed by atoms with Gasteiger partial charge in [0, 0.05) is 12.1 Å². The molecule has 5 nitrogen and oxygen atoms in total. The molecule has 0 bridgehead atoms. The number of hydrogen-bond acceptors (Lipinski definition) is 4. The van der Waals surface area contributed by atoms with Crippen LogP contribution < -0.4 is 0 Å². The Kier molecular flexibility index (Phi) is 6.18. The van der Waals surface area contributed by atoms with E-state index < -0.39 is 10.0 Å². The Labute approximate surface area is 144 Å². The van der Waals surface area contributed by atoms with E-state index in [-0.39, 0.29) is 29.4 Å². The average molecular weight is 351 g/mol. The van der Waals surface area contributed by atoms with Gasteiger partial charge in [-0.3, -0.25) is 4.79 Å². The Hall–Kier alpha value is -1.66. The molecule has 1 aliphatic rings. The second kappa shape index (κ2) is 7.94. The molecule has 132 valence electrons. The fourth-order valence-corrected chi connectivity index (χ4v) is 4.99. The maximum atomic E-state index is 13.2. The van der Waals surface area contributed by atoms with E-state index in [9.17, 15) is 13.2 Å². The molecule has 0 aromatic heterocycles. The lowest BCUT2D eigenvalue weighted by Crippen LogP contribution is -2.50. The third-order valence-electron chi connectivity index (χ3n) is 4.36. The van der Waals surface area contributed by atoms with E-state index in [4.69, 9.17) is 4.74 Å². The van der Waals surface area contributed by atoms with Gasteiger partial charge in [0.1, 0.15) is 0 Å². The van der Waals surface area contributed by atoms with Crippen LogP contribution in [0.3, 0.4) is 0 Å². The van der Waals surface area contributed by atoms with Crippen molar-refractivity contribution in [1.29, 1.82) is 0 Å². The van der Waals surface area contributed by atoms with Crippen LogP contribution in [0.1, 0.15) is 38.2 Å². The topological polar surface area (TPSA) is 63.7 Å². The van der Waals surface area contributed by atoms with Gasteiger partial charge in [0.25, 0.3) is 0 Å². The molecule has 0 radical (unpaired) electrons. The van der Waals surface area contributed by atoms with Crippen LogP contribution in [0.2, 0.25) is 0 Å². The number of methoxy groups -OCH3 is 1. The minimum absolute atomic E-state index is 0.0790. The second-order valence-electron chi connectivity index (χ2n) is 6.11. The van der Waals surface area contributed by atoms with E-state index in [0.29, 0.717) is 6.42 Å². The van der Waals surface area contributed by atoms with E-state index in [1.54, 1.807) is 24.3 Å². The number of piperidine rings is 1. The number of hydrogen-bond donors (Lipinski definition) is 0. The molecule has 1 saturated heterocycles. The zero-order chi connectivity index (χ0) is 17.7. The summed E-state index contributed by atoms with van der Waals surface area (Å²) < 4.78 is 32.7. The van der Waals surface area contributed by atoms with Crippen molar-refractivity contribution in [3.63, 3.8) is 0 Å². The number of nitrogens with zero attached hydrogens (tertiary/aromatic N) is 1. The molecular weight excluding hydrogens is 326 g/mol. The Morgan fingerprint density at radius 2 is 1.96 bits per heavy atom. The first-order valence-corrected chi connectivity index (χ1v) is 9.64. The predicted octanol–water partition coefficient (Wildman–Crippen LogP) is 3.05. The predicted molar refractivity (Wildman–Crippen MR) is 93.1 cm³/mol. The summed E-state index contributed by atoms with van der Waals surface area (Å²) >= 11 is 0. The summed E-state index contributed by atoms with van der Waals surface area (Å²) in [6.45, 7) is 3.79. The van der Waals surface area contributed by atoms with Crippen LogP contribution >= 0.6 is 0 Å². The average Bonchev–Trinajstić information content (AvgIpc) is 2.55. The third-order valence-corrected chi connectivity index (χ3v) is 6.36. The summed E-state index contributed by atoms with van der Waals surface area (Å²) in [7, 11) is -2.35. The molecule has 1 aromatic carbocycles. The number of carbonyl (C=O) groups is 1. The largest absolute Gasteiger partial charge is 0.469 e. The van der Waals surface area contributed by atoms with Crippen LogP contribution in [0.4, 0.5) is 0 Å². The zero-order valence-corrected chi connectivity index (χ0v) is 15.3. The van der Waals surface area contributed by atoms with Crippen molar-refractivity contribution >= 4 is 16.0 Å². The lowest BCUT2D eigenvalue weighted by Gasteiger charge is -2.39. The van der Waals surface area contributed by atoms with Crippen molar-refractivity contribution in [2.45, 2.75) is 56.5 Å². The summed E-state index contributed by atoms with van der Waals surface area (Å²) in [5.74, 6) is -0.384. The number of ether oxygens (including phenoxy) is 1. The van der Waals surface area contributed by atoms with Gasteiger partial charge in [-0.25, -0.2) is 8.42 Å². The van der Waals surface area contributed by atoms with E-state index in [1.807, 2.05) is 26.0 Å². The number of aryl methyl sites for hydroxylation is 1. The van der Waals surface area contributed by atoms with E-state index >= 15 is 0 Å². The first-order chi connectivity index (χ1) is 11.4. The summed E-state index contributed by atoms with van der Waals surface area (Å²) in [6, 6.07) is 6.22. The minimum atomic E-state index is -3.68. The fraction of sp³-hybridized carbons (Fsp3) is 0.500. The quantitative estimate of drug-likeness (QED) is 0.604. The molecule has 1 heterocycles. The lowest BCUT2D eigenvalue weighted by molar-refractivity contribution is -0.141. The number of esters is 1. The Balaban J connectivity index is 2.43. The smallest absolute Gasteiger partial charge is 0.307 e. The van der Waals surface area contributed by atoms with Gasteiger partial charge < -0.3 is 4.74 Å². The van der Waals surface area contributed by atoms with E-state index in [0.717, 1.165) is 18.4 Å². The molecule has 2 rings (SSSR count). The molecule has 0 spiro atoms. The first kappa shape index (κ1) is 18.7. The van der Waals surface area contributed by atoms with Crippen LogP contribution in [0, 0.1) is 6.92 Å². The van der Waals surface area contributed by atoms with Gasteiger partial charge in [0.05, 0.1) is 18.4 Å². The van der Waals surface area contributed by atoms with Crippen LogP contribution in [0.25, 0.3) is 0 Å². The maximum Gasteiger partial charge on any atom is 0.307 e. The highest BCUT2D eigenvalue weighted by Gasteiger charge is 2.39. The highest BCUT2D eigenvalue weighted by Crippen LogP contribution is 2.32. The number of rotatable bonds is 5. The van der Waals surface area contributed by atoms with Crippen LogP contribution in [-0.2, 0) is 19.6 Å². The number of allylic oxidation sites excluding steroid dienone is 1. The van der Waals surface area contributed by atoms with Crippen molar-refractivity contribution in [1.82, 2.24) is 4.31 Å². The molecule has 1 aromatic rings. The second-order valence-corrected chi connectivity index (χ2v) is 7.95. The van der Waals surface area contributed by atoms with Gasteiger partial charge in [0.2, 0.25) is 10.0 Å². The minimum Gasteiger partial charge on any atom is -0.469 e. The molecule has 1 aliphatic heterocycles. The summed E-state index contributed by atoms with van der Waals surface area (Å²) in [4.78, 5) is 12.0. The highest BCUT2D eigenvalue weighted by molar-refractivity contribution is 7.89. The fourth-order valence-electron chi connectivity index (χ4n) is 3.17. The summed E-state index contributed by atoms with van der Waals surface area (Å²) in [5, 5.41) is 0. The van der Waals surface area contributed by atoms with Crippen molar-refractivity contribution in [2.24, 2.45) is 0 Å². The molecule has 0 amide bonds. The molecule has 0 saturated carbocycles. The monoisotopic (exact) mass is 351 g/mol. The Bertz CT molecular complexity index is 694. The molecule has 2 atom stereocenters. The molecule has 1 fully saturated rings. The van der Waals surface area contributed by atoms with Gasteiger partial charge in [-0.1, -0.05) is 29.8 Å². The van der Waals surface area contributed by atoms with Crippen molar-refractivity contribution < 1.29 is 17.9 Å². The van der Waals surface area contributed by atoms with Crippen molar-refractivity contribution in [3.8, 4) is 0 Å². The van der Waals surface area contributed by atoms with Crippen LogP contribution in [0.5, 0.6) is 0 Å². The SMILES string of the molecule is C/C=C/[C@H]1CCC[C@@H](CC(=O)OC)N1S(=O)(=O)c1ccc(C)cc1. The van der Waals surface area contributed by atoms with Gasteiger partial charge in [-0.2, -0.15) is 4.31 Å². The molecular formula is C18H25NO4S.